The van der Waals surface area contributed by atoms with Gasteiger partial charge in [0.1, 0.15) is 0 Å². The molecule has 0 saturated heterocycles. The van der Waals surface area contributed by atoms with Gasteiger partial charge in [0.25, 0.3) is 10.1 Å². The van der Waals surface area contributed by atoms with E-state index >= 15 is 0 Å². The standard InChI is InChI=1S/C8H10O4S.C5H5N/c1-6-2-3-8(13(10,11)12)7(4-6)5-9;1-2-4-6-5-3-1/h2-4,9H,5H2,1H3,(H,10,11,12);1-5H. The van der Waals surface area contributed by atoms with Gasteiger partial charge in [0, 0.05) is 12.4 Å². The van der Waals surface area contributed by atoms with Crippen molar-refractivity contribution in [2.45, 2.75) is 18.4 Å². The molecule has 102 valence electrons. The summed E-state index contributed by atoms with van der Waals surface area (Å²) in [6.45, 7) is 1.36. The third-order valence-electron chi connectivity index (χ3n) is 2.23. The van der Waals surface area contributed by atoms with Gasteiger partial charge in [-0.2, -0.15) is 8.42 Å². The molecule has 0 unspecified atom stereocenters. The summed E-state index contributed by atoms with van der Waals surface area (Å²) in [4.78, 5) is 3.55. The van der Waals surface area contributed by atoms with E-state index in [1.54, 1.807) is 25.4 Å². The van der Waals surface area contributed by atoms with E-state index in [0.717, 1.165) is 5.56 Å². The smallest absolute Gasteiger partial charge is 0.294 e. The highest BCUT2D eigenvalue weighted by Gasteiger charge is 2.14. The number of aliphatic hydroxyl groups is 1. The zero-order valence-corrected chi connectivity index (χ0v) is 11.2. The fourth-order valence-electron chi connectivity index (χ4n) is 1.40. The van der Waals surface area contributed by atoms with E-state index in [4.69, 9.17) is 9.66 Å². The van der Waals surface area contributed by atoms with Gasteiger partial charge in [-0.15, -0.1) is 0 Å². The first-order valence-electron chi connectivity index (χ1n) is 5.48. The van der Waals surface area contributed by atoms with Crippen LogP contribution in [0.15, 0.2) is 53.7 Å². The first-order valence-corrected chi connectivity index (χ1v) is 6.92. The Labute approximate surface area is 112 Å². The minimum absolute atomic E-state index is 0.211. The predicted molar refractivity (Wildman–Crippen MR) is 71.2 cm³/mol. The molecule has 1 heterocycles. The van der Waals surface area contributed by atoms with Gasteiger partial charge >= 0.3 is 0 Å². The number of benzene rings is 1. The van der Waals surface area contributed by atoms with Crippen molar-refractivity contribution in [3.8, 4) is 0 Å². The molecule has 1 aromatic heterocycles. The third-order valence-corrected chi connectivity index (χ3v) is 3.18. The Morgan fingerprint density at radius 1 is 1.16 bits per heavy atom. The van der Waals surface area contributed by atoms with E-state index in [-0.39, 0.29) is 10.5 Å². The van der Waals surface area contributed by atoms with Gasteiger partial charge < -0.3 is 5.11 Å². The molecule has 1 aromatic carbocycles. The minimum atomic E-state index is -4.22. The van der Waals surface area contributed by atoms with E-state index in [2.05, 4.69) is 4.98 Å². The zero-order valence-electron chi connectivity index (χ0n) is 10.4. The Hall–Kier alpha value is -1.76. The van der Waals surface area contributed by atoms with Crippen LogP contribution < -0.4 is 0 Å². The van der Waals surface area contributed by atoms with Crippen LogP contribution >= 0.6 is 0 Å². The lowest BCUT2D eigenvalue weighted by atomic mass is 10.1. The Morgan fingerprint density at radius 3 is 2.16 bits per heavy atom. The fraction of sp³-hybridized carbons (Fsp3) is 0.154. The van der Waals surface area contributed by atoms with Crippen LogP contribution in [0.4, 0.5) is 0 Å². The number of aliphatic hydroxyl groups excluding tert-OH is 1. The molecule has 5 nitrogen and oxygen atoms in total. The van der Waals surface area contributed by atoms with E-state index in [1.807, 2.05) is 18.2 Å². The molecule has 0 saturated carbocycles. The van der Waals surface area contributed by atoms with Crippen LogP contribution in [0.5, 0.6) is 0 Å². The average Bonchev–Trinajstić information content (AvgIpc) is 2.40. The molecule has 0 aliphatic carbocycles. The van der Waals surface area contributed by atoms with E-state index in [0.29, 0.717) is 0 Å². The second-order valence-corrected chi connectivity index (χ2v) is 5.16. The predicted octanol–water partition coefficient (Wildman–Crippen LogP) is 1.82. The van der Waals surface area contributed by atoms with E-state index < -0.39 is 16.7 Å². The number of pyridine rings is 1. The first-order chi connectivity index (χ1) is 8.95. The van der Waals surface area contributed by atoms with Gasteiger partial charge in [-0.3, -0.25) is 9.54 Å². The second kappa shape index (κ2) is 6.98. The van der Waals surface area contributed by atoms with E-state index in [1.165, 1.54) is 12.1 Å². The lowest BCUT2D eigenvalue weighted by molar-refractivity contribution is 0.278. The summed E-state index contributed by atoms with van der Waals surface area (Å²) in [7, 11) is -4.22. The van der Waals surface area contributed by atoms with Crippen LogP contribution in [0.2, 0.25) is 0 Å². The molecular weight excluding hydrogens is 266 g/mol. The summed E-state index contributed by atoms with van der Waals surface area (Å²) in [5, 5.41) is 8.83. The van der Waals surface area contributed by atoms with Crippen molar-refractivity contribution in [3.05, 3.63) is 59.9 Å². The first kappa shape index (κ1) is 15.3. The van der Waals surface area contributed by atoms with Crippen molar-refractivity contribution in [2.75, 3.05) is 0 Å². The van der Waals surface area contributed by atoms with Gasteiger partial charge in [0.2, 0.25) is 0 Å². The molecule has 2 N–H and O–H groups in total. The Balaban J connectivity index is 0.000000250. The molecule has 2 aromatic rings. The number of rotatable bonds is 2. The number of aryl methyl sites for hydroxylation is 1. The van der Waals surface area contributed by atoms with Crippen molar-refractivity contribution in [2.24, 2.45) is 0 Å². The highest BCUT2D eigenvalue weighted by molar-refractivity contribution is 7.85. The SMILES string of the molecule is Cc1ccc(S(=O)(=O)O)c(CO)c1.c1ccncc1. The highest BCUT2D eigenvalue weighted by Crippen LogP contribution is 2.16. The van der Waals surface area contributed by atoms with Crippen molar-refractivity contribution in [3.63, 3.8) is 0 Å². The average molecular weight is 281 g/mol. The van der Waals surface area contributed by atoms with Crippen molar-refractivity contribution in [1.82, 2.24) is 4.98 Å². The lowest BCUT2D eigenvalue weighted by Crippen LogP contribution is -2.03. The summed E-state index contributed by atoms with van der Waals surface area (Å²) in [5.74, 6) is 0. The summed E-state index contributed by atoms with van der Waals surface area (Å²) >= 11 is 0. The van der Waals surface area contributed by atoms with Crippen LogP contribution in [-0.2, 0) is 16.7 Å². The molecular formula is C13H15NO4S. The molecule has 6 heteroatoms. The van der Waals surface area contributed by atoms with Gasteiger partial charge in [-0.25, -0.2) is 0 Å². The molecule has 0 spiro atoms. The van der Waals surface area contributed by atoms with Crippen molar-refractivity contribution < 1.29 is 18.1 Å². The molecule has 0 fully saturated rings. The van der Waals surface area contributed by atoms with Gasteiger partial charge in [-0.1, -0.05) is 23.8 Å². The monoisotopic (exact) mass is 281 g/mol. The summed E-state index contributed by atoms with van der Waals surface area (Å²) in [5.41, 5.74) is 1.04. The second-order valence-electron chi connectivity index (χ2n) is 3.77. The lowest BCUT2D eigenvalue weighted by Gasteiger charge is -2.04. The van der Waals surface area contributed by atoms with Gasteiger partial charge in [-0.05, 0) is 30.7 Å². The Morgan fingerprint density at radius 2 is 1.79 bits per heavy atom. The molecule has 0 aliphatic heterocycles. The van der Waals surface area contributed by atoms with Crippen LogP contribution in [0.1, 0.15) is 11.1 Å². The summed E-state index contributed by atoms with van der Waals surface area (Å²) < 4.78 is 30.3. The van der Waals surface area contributed by atoms with Crippen LogP contribution in [-0.4, -0.2) is 23.1 Å². The molecule has 0 bridgehead atoms. The van der Waals surface area contributed by atoms with Crippen LogP contribution in [0, 0.1) is 6.92 Å². The van der Waals surface area contributed by atoms with Crippen LogP contribution in [0.3, 0.4) is 0 Å². The topological polar surface area (TPSA) is 87.5 Å². The fourth-order valence-corrected chi connectivity index (χ4v) is 2.09. The quantitative estimate of drug-likeness (QED) is 0.820. The third kappa shape index (κ3) is 5.17. The summed E-state index contributed by atoms with van der Waals surface area (Å²) in [6.07, 6.45) is 3.50. The van der Waals surface area contributed by atoms with Crippen LogP contribution in [0.25, 0.3) is 0 Å². The zero-order chi connectivity index (χ0) is 14.3. The van der Waals surface area contributed by atoms with Crippen molar-refractivity contribution >= 4 is 10.1 Å². The van der Waals surface area contributed by atoms with E-state index in [9.17, 15) is 8.42 Å². The maximum absolute atomic E-state index is 10.8. The van der Waals surface area contributed by atoms with Gasteiger partial charge in [0.15, 0.2) is 0 Å². The molecule has 0 amide bonds. The molecule has 0 atom stereocenters. The number of hydrogen-bond acceptors (Lipinski definition) is 4. The highest BCUT2D eigenvalue weighted by atomic mass is 32.2. The molecule has 19 heavy (non-hydrogen) atoms. The van der Waals surface area contributed by atoms with Gasteiger partial charge in [0.05, 0.1) is 11.5 Å². The minimum Gasteiger partial charge on any atom is -0.392 e. The molecule has 0 aliphatic rings. The molecule has 2 rings (SSSR count). The largest absolute Gasteiger partial charge is 0.392 e. The maximum atomic E-state index is 10.8. The maximum Gasteiger partial charge on any atom is 0.294 e. The summed E-state index contributed by atoms with van der Waals surface area (Å²) in [6, 6.07) is 10.1. The Bertz CT molecular complexity index is 585. The molecule has 0 radical (unpaired) electrons. The van der Waals surface area contributed by atoms with Crippen molar-refractivity contribution in [1.29, 1.82) is 0 Å². The number of nitrogens with zero attached hydrogens (tertiary/aromatic N) is 1. The number of hydrogen-bond donors (Lipinski definition) is 2. The number of aromatic nitrogens is 1. The Kier molecular flexibility index (Phi) is 5.62. The normalized spacial score (nSPS) is 10.5.